The van der Waals surface area contributed by atoms with Crippen LogP contribution in [0.5, 0.6) is 0 Å². The monoisotopic (exact) mass is 393 g/mol. The Kier molecular flexibility index (Phi) is 7.33. The molecule has 8 heteroatoms. The standard InChI is InChI=1S/C18H27N3O3SSi/c1-13(2)18-21-16(10-24-18)15(19)8-17-20-14(11-25-17)9-23-12-22-6-7-26(3,4)5/h8,10-11H,1,6-7,9,12,19H2,2-5H3/b15-8-. The number of thiazole rings is 1. The molecule has 2 aromatic heterocycles. The fourth-order valence-electron chi connectivity index (χ4n) is 1.91. The number of rotatable bonds is 10. The molecule has 2 N–H and O–H groups in total. The van der Waals surface area contributed by atoms with Crippen LogP contribution in [0, 0.1) is 0 Å². The van der Waals surface area contributed by atoms with Crippen molar-refractivity contribution in [3.8, 4) is 0 Å². The van der Waals surface area contributed by atoms with Crippen LogP contribution in [0.3, 0.4) is 0 Å². The van der Waals surface area contributed by atoms with Crippen molar-refractivity contribution in [3.63, 3.8) is 0 Å². The molecule has 2 rings (SSSR count). The Balaban J connectivity index is 1.80. The highest BCUT2D eigenvalue weighted by Gasteiger charge is 2.12. The van der Waals surface area contributed by atoms with Gasteiger partial charge in [0.15, 0.2) is 0 Å². The van der Waals surface area contributed by atoms with Gasteiger partial charge in [-0.25, -0.2) is 9.97 Å². The number of nitrogens with zero attached hydrogens (tertiary/aromatic N) is 2. The minimum absolute atomic E-state index is 0.290. The fourth-order valence-corrected chi connectivity index (χ4v) is 3.41. The molecule has 26 heavy (non-hydrogen) atoms. The van der Waals surface area contributed by atoms with E-state index in [4.69, 9.17) is 19.6 Å². The molecule has 0 spiro atoms. The van der Waals surface area contributed by atoms with Gasteiger partial charge in [-0.15, -0.1) is 11.3 Å². The second-order valence-electron chi connectivity index (χ2n) is 7.28. The molecule has 0 unspecified atom stereocenters. The molecule has 0 aliphatic carbocycles. The van der Waals surface area contributed by atoms with Crippen LogP contribution in [0.25, 0.3) is 17.3 Å². The number of nitrogens with two attached hydrogens (primary N) is 1. The van der Waals surface area contributed by atoms with Crippen molar-refractivity contribution < 1.29 is 13.9 Å². The van der Waals surface area contributed by atoms with Crippen molar-refractivity contribution in [1.29, 1.82) is 0 Å². The molecule has 0 radical (unpaired) electrons. The summed E-state index contributed by atoms with van der Waals surface area (Å²) in [6.45, 7) is 14.1. The number of allylic oxidation sites excluding steroid dienone is 1. The average molecular weight is 394 g/mol. The van der Waals surface area contributed by atoms with Gasteiger partial charge in [0.1, 0.15) is 23.8 Å². The van der Waals surface area contributed by atoms with Crippen LogP contribution >= 0.6 is 11.3 Å². The average Bonchev–Trinajstić information content (AvgIpc) is 3.19. The third-order valence-corrected chi connectivity index (χ3v) is 5.97. The zero-order valence-corrected chi connectivity index (χ0v) is 17.7. The molecule has 0 bridgehead atoms. The molecule has 6 nitrogen and oxygen atoms in total. The first kappa shape index (κ1) is 20.6. The van der Waals surface area contributed by atoms with E-state index in [9.17, 15) is 0 Å². The molecule has 0 saturated heterocycles. The summed E-state index contributed by atoms with van der Waals surface area (Å²) >= 11 is 1.50. The van der Waals surface area contributed by atoms with E-state index >= 15 is 0 Å². The van der Waals surface area contributed by atoms with E-state index in [0.717, 1.165) is 28.9 Å². The Labute approximate surface area is 159 Å². The summed E-state index contributed by atoms with van der Waals surface area (Å²) in [6.07, 6.45) is 3.30. The smallest absolute Gasteiger partial charge is 0.221 e. The third-order valence-electron chi connectivity index (χ3n) is 3.43. The van der Waals surface area contributed by atoms with E-state index in [1.807, 2.05) is 12.3 Å². The lowest BCUT2D eigenvalue weighted by molar-refractivity contribution is -0.0581. The van der Waals surface area contributed by atoms with Gasteiger partial charge in [-0.1, -0.05) is 26.2 Å². The highest BCUT2D eigenvalue weighted by molar-refractivity contribution is 7.10. The van der Waals surface area contributed by atoms with Crippen LogP contribution in [-0.4, -0.2) is 31.4 Å². The van der Waals surface area contributed by atoms with Crippen LogP contribution in [-0.2, 0) is 16.1 Å². The summed E-state index contributed by atoms with van der Waals surface area (Å²) in [5.74, 6) is 0.485. The molecule has 142 valence electrons. The summed E-state index contributed by atoms with van der Waals surface area (Å²) in [4.78, 5) is 8.77. The minimum Gasteiger partial charge on any atom is -0.444 e. The van der Waals surface area contributed by atoms with Crippen molar-refractivity contribution in [3.05, 3.63) is 40.5 Å². The topological polar surface area (TPSA) is 83.4 Å². The fraction of sp³-hybridized carbons (Fsp3) is 0.444. The zero-order valence-electron chi connectivity index (χ0n) is 15.9. The van der Waals surface area contributed by atoms with Crippen molar-refractivity contribution in [1.82, 2.24) is 9.97 Å². The normalized spacial score (nSPS) is 12.5. The first-order valence-electron chi connectivity index (χ1n) is 8.43. The Morgan fingerprint density at radius 2 is 2.12 bits per heavy atom. The van der Waals surface area contributed by atoms with Gasteiger partial charge in [0.05, 0.1) is 18.0 Å². The van der Waals surface area contributed by atoms with Gasteiger partial charge in [0.2, 0.25) is 5.89 Å². The quantitative estimate of drug-likeness (QED) is 0.365. The summed E-state index contributed by atoms with van der Waals surface area (Å²) < 4.78 is 16.3. The molecule has 2 aromatic rings. The predicted octanol–water partition coefficient (Wildman–Crippen LogP) is 4.45. The number of ether oxygens (including phenoxy) is 2. The minimum atomic E-state index is -1.05. The molecule has 0 saturated carbocycles. The van der Waals surface area contributed by atoms with E-state index in [-0.39, 0.29) is 6.79 Å². The second kappa shape index (κ2) is 9.27. The van der Waals surface area contributed by atoms with Gasteiger partial charge < -0.3 is 19.6 Å². The first-order valence-corrected chi connectivity index (χ1v) is 13.0. The summed E-state index contributed by atoms with van der Waals surface area (Å²) in [7, 11) is -1.05. The Bertz CT molecular complexity index is 762. The van der Waals surface area contributed by atoms with Crippen LogP contribution in [0.15, 0.2) is 22.6 Å². The van der Waals surface area contributed by atoms with Gasteiger partial charge in [0, 0.05) is 25.6 Å². The maximum absolute atomic E-state index is 6.07. The number of hydrogen-bond acceptors (Lipinski definition) is 7. The van der Waals surface area contributed by atoms with Crippen molar-refractivity contribution in [2.24, 2.45) is 5.73 Å². The molecule has 2 heterocycles. The molecule has 0 fully saturated rings. The molecule has 0 aromatic carbocycles. The Morgan fingerprint density at radius 3 is 2.77 bits per heavy atom. The summed E-state index contributed by atoms with van der Waals surface area (Å²) in [5.41, 5.74) is 8.75. The van der Waals surface area contributed by atoms with Crippen LogP contribution in [0.1, 0.15) is 29.2 Å². The molecule has 0 aliphatic heterocycles. The van der Waals surface area contributed by atoms with E-state index in [0.29, 0.717) is 23.9 Å². The molecular formula is C18H27N3O3SSi. The van der Waals surface area contributed by atoms with E-state index in [2.05, 4.69) is 36.2 Å². The van der Waals surface area contributed by atoms with Gasteiger partial charge >= 0.3 is 0 Å². The van der Waals surface area contributed by atoms with Crippen LogP contribution in [0.4, 0.5) is 0 Å². The van der Waals surface area contributed by atoms with Gasteiger partial charge in [-0.2, -0.15) is 0 Å². The van der Waals surface area contributed by atoms with Crippen LogP contribution < -0.4 is 5.73 Å². The number of oxazole rings is 1. The van der Waals surface area contributed by atoms with Gasteiger partial charge in [0.25, 0.3) is 0 Å². The van der Waals surface area contributed by atoms with E-state index in [1.54, 1.807) is 6.08 Å². The van der Waals surface area contributed by atoms with E-state index < -0.39 is 8.07 Å². The van der Waals surface area contributed by atoms with E-state index in [1.165, 1.54) is 17.6 Å². The number of aromatic nitrogens is 2. The van der Waals surface area contributed by atoms with Gasteiger partial charge in [-0.05, 0) is 19.0 Å². The maximum atomic E-state index is 6.07. The first-order chi connectivity index (χ1) is 12.2. The number of hydrogen-bond donors (Lipinski definition) is 1. The Hall–Kier alpha value is -1.74. The van der Waals surface area contributed by atoms with Crippen molar-refractivity contribution in [2.75, 3.05) is 13.4 Å². The molecule has 0 aliphatic rings. The third kappa shape index (κ3) is 6.87. The van der Waals surface area contributed by atoms with Gasteiger partial charge in [-0.3, -0.25) is 0 Å². The van der Waals surface area contributed by atoms with Crippen molar-refractivity contribution in [2.45, 2.75) is 39.2 Å². The molecular weight excluding hydrogens is 366 g/mol. The lowest BCUT2D eigenvalue weighted by Gasteiger charge is -2.15. The highest BCUT2D eigenvalue weighted by Crippen LogP contribution is 2.19. The second-order valence-corrected chi connectivity index (χ2v) is 13.8. The predicted molar refractivity (Wildman–Crippen MR) is 109 cm³/mol. The Morgan fingerprint density at radius 1 is 1.35 bits per heavy atom. The molecule has 0 atom stereocenters. The summed E-state index contributed by atoms with van der Waals surface area (Å²) in [6, 6.07) is 1.14. The van der Waals surface area contributed by atoms with Crippen molar-refractivity contribution >= 4 is 36.8 Å². The maximum Gasteiger partial charge on any atom is 0.221 e. The summed E-state index contributed by atoms with van der Waals surface area (Å²) in [5, 5.41) is 2.74. The SMILES string of the molecule is C=C(C)c1nc(/C(N)=C/c2nc(COCOCC[Si](C)(C)C)cs2)co1. The molecule has 0 amide bonds. The van der Waals surface area contributed by atoms with Crippen LogP contribution in [0.2, 0.25) is 25.7 Å². The zero-order chi connectivity index (χ0) is 19.2. The lowest BCUT2D eigenvalue weighted by atomic mass is 10.3. The highest BCUT2D eigenvalue weighted by atomic mass is 32.1. The lowest BCUT2D eigenvalue weighted by Crippen LogP contribution is -2.22. The largest absolute Gasteiger partial charge is 0.444 e.